The predicted molar refractivity (Wildman–Crippen MR) is 51.6 cm³/mol. The highest BCUT2D eigenvalue weighted by molar-refractivity contribution is 7.87. The van der Waals surface area contributed by atoms with Crippen molar-refractivity contribution < 1.29 is 17.3 Å². The number of methoxy groups -OCH3 is 1. The monoisotopic (exact) mass is 217 g/mol. The first-order chi connectivity index (χ1) is 6.51. The van der Waals surface area contributed by atoms with Crippen LogP contribution in [-0.2, 0) is 14.3 Å². The Labute approximate surface area is 82.6 Å². The largest absolute Gasteiger partial charge is 0.497 e. The van der Waals surface area contributed by atoms with Crippen LogP contribution in [0.1, 0.15) is 0 Å². The molecule has 2 N–H and O–H groups in total. The van der Waals surface area contributed by atoms with Gasteiger partial charge in [0.1, 0.15) is 10.6 Å². The van der Waals surface area contributed by atoms with Gasteiger partial charge in [0.05, 0.1) is 19.9 Å². The Morgan fingerprint density at radius 3 is 2.43 bits per heavy atom. The maximum Gasteiger partial charge on any atom is 0.298 e. The summed E-state index contributed by atoms with van der Waals surface area (Å²) in [4.78, 5) is -0.0839. The zero-order chi connectivity index (χ0) is 10.8. The van der Waals surface area contributed by atoms with Crippen LogP contribution in [0.15, 0.2) is 23.1 Å². The summed E-state index contributed by atoms with van der Waals surface area (Å²) in [5.41, 5.74) is 5.62. The van der Waals surface area contributed by atoms with Crippen molar-refractivity contribution in [2.24, 2.45) is 0 Å². The van der Waals surface area contributed by atoms with Gasteiger partial charge in [0.15, 0.2) is 0 Å². The highest BCUT2D eigenvalue weighted by Crippen LogP contribution is 2.24. The standard InChI is InChI=1S/C8H11NO4S/c1-12-6-3-4-7(9)8(5-6)14(10,11)13-2/h3-5H,9H2,1-2H3. The molecule has 0 amide bonds. The van der Waals surface area contributed by atoms with Crippen LogP contribution < -0.4 is 10.5 Å². The van der Waals surface area contributed by atoms with E-state index in [0.717, 1.165) is 7.11 Å². The van der Waals surface area contributed by atoms with Crippen molar-refractivity contribution >= 4 is 15.8 Å². The molecule has 0 saturated carbocycles. The van der Waals surface area contributed by atoms with E-state index in [1.807, 2.05) is 0 Å². The molecule has 0 radical (unpaired) electrons. The summed E-state index contributed by atoms with van der Waals surface area (Å²) in [7, 11) is -1.25. The Balaban J connectivity index is 3.33. The Hall–Kier alpha value is -1.27. The summed E-state index contributed by atoms with van der Waals surface area (Å²) in [6, 6.07) is 4.34. The van der Waals surface area contributed by atoms with Gasteiger partial charge in [0, 0.05) is 6.07 Å². The van der Waals surface area contributed by atoms with E-state index in [-0.39, 0.29) is 10.6 Å². The number of hydrogen-bond donors (Lipinski definition) is 1. The molecule has 1 rings (SSSR count). The molecule has 78 valence electrons. The van der Waals surface area contributed by atoms with E-state index < -0.39 is 10.1 Å². The van der Waals surface area contributed by atoms with Crippen LogP contribution in [0.4, 0.5) is 5.69 Å². The van der Waals surface area contributed by atoms with Crippen molar-refractivity contribution in [3.8, 4) is 5.75 Å². The third-order valence-corrected chi connectivity index (χ3v) is 3.04. The van der Waals surface area contributed by atoms with Gasteiger partial charge >= 0.3 is 0 Å². The number of anilines is 1. The van der Waals surface area contributed by atoms with Crippen molar-refractivity contribution in [1.82, 2.24) is 0 Å². The summed E-state index contributed by atoms with van der Waals surface area (Å²) in [5, 5.41) is 0. The number of nitrogen functional groups attached to an aromatic ring is 1. The van der Waals surface area contributed by atoms with Gasteiger partial charge in [-0.15, -0.1) is 0 Å². The summed E-state index contributed by atoms with van der Waals surface area (Å²) in [6.07, 6.45) is 0. The average molecular weight is 217 g/mol. The van der Waals surface area contributed by atoms with E-state index in [1.54, 1.807) is 6.07 Å². The number of hydrogen-bond acceptors (Lipinski definition) is 5. The van der Waals surface area contributed by atoms with E-state index in [4.69, 9.17) is 10.5 Å². The van der Waals surface area contributed by atoms with Crippen LogP contribution in [0.5, 0.6) is 5.75 Å². The van der Waals surface area contributed by atoms with Crippen molar-refractivity contribution in [3.05, 3.63) is 18.2 Å². The summed E-state index contributed by atoms with van der Waals surface area (Å²) in [6.45, 7) is 0. The number of benzene rings is 1. The van der Waals surface area contributed by atoms with E-state index in [2.05, 4.69) is 4.18 Å². The maximum atomic E-state index is 11.3. The summed E-state index contributed by atoms with van der Waals surface area (Å²) < 4.78 is 31.9. The van der Waals surface area contributed by atoms with Crippen molar-refractivity contribution in [3.63, 3.8) is 0 Å². The van der Waals surface area contributed by atoms with E-state index in [1.165, 1.54) is 19.2 Å². The van der Waals surface area contributed by atoms with Gasteiger partial charge in [-0.3, -0.25) is 4.18 Å². The molecular weight excluding hydrogens is 206 g/mol. The number of ether oxygens (including phenoxy) is 1. The molecule has 0 atom stereocenters. The van der Waals surface area contributed by atoms with Crippen molar-refractivity contribution in [2.75, 3.05) is 20.0 Å². The lowest BCUT2D eigenvalue weighted by Crippen LogP contribution is -2.06. The second-order valence-electron chi connectivity index (χ2n) is 2.52. The second-order valence-corrected chi connectivity index (χ2v) is 4.21. The Kier molecular flexibility index (Phi) is 2.97. The fourth-order valence-corrected chi connectivity index (χ4v) is 1.74. The highest BCUT2D eigenvalue weighted by Gasteiger charge is 2.17. The number of rotatable bonds is 3. The van der Waals surface area contributed by atoms with Crippen molar-refractivity contribution in [1.29, 1.82) is 0 Å². The molecule has 6 heteroatoms. The lowest BCUT2D eigenvalue weighted by molar-refractivity contribution is 0.394. The van der Waals surface area contributed by atoms with Crippen molar-refractivity contribution in [2.45, 2.75) is 4.90 Å². The minimum atomic E-state index is -3.77. The maximum absolute atomic E-state index is 11.3. The molecule has 0 heterocycles. The molecular formula is C8H11NO4S. The zero-order valence-electron chi connectivity index (χ0n) is 7.85. The van der Waals surface area contributed by atoms with Crippen LogP contribution in [0, 0.1) is 0 Å². The topological polar surface area (TPSA) is 78.6 Å². The number of nitrogens with two attached hydrogens (primary N) is 1. The fourth-order valence-electron chi connectivity index (χ4n) is 0.948. The molecule has 0 spiro atoms. The Morgan fingerprint density at radius 1 is 1.29 bits per heavy atom. The molecule has 0 saturated heterocycles. The highest BCUT2D eigenvalue weighted by atomic mass is 32.2. The molecule has 0 aliphatic carbocycles. The molecule has 0 unspecified atom stereocenters. The molecule has 0 fully saturated rings. The average Bonchev–Trinajstić information content (AvgIpc) is 2.18. The van der Waals surface area contributed by atoms with Crippen LogP contribution in [0.3, 0.4) is 0 Å². The molecule has 1 aromatic carbocycles. The van der Waals surface area contributed by atoms with Crippen LogP contribution in [0.25, 0.3) is 0 Å². The van der Waals surface area contributed by atoms with Gasteiger partial charge in [-0.2, -0.15) is 8.42 Å². The molecule has 0 aromatic heterocycles. The fraction of sp³-hybridized carbons (Fsp3) is 0.250. The predicted octanol–water partition coefficient (Wildman–Crippen LogP) is 0.613. The van der Waals surface area contributed by atoms with Gasteiger partial charge in [-0.1, -0.05) is 0 Å². The van der Waals surface area contributed by atoms with Gasteiger partial charge in [-0.25, -0.2) is 0 Å². The van der Waals surface area contributed by atoms with Crippen LogP contribution in [-0.4, -0.2) is 22.6 Å². The quantitative estimate of drug-likeness (QED) is 0.593. The lowest BCUT2D eigenvalue weighted by Gasteiger charge is -2.06. The first-order valence-electron chi connectivity index (χ1n) is 3.75. The summed E-state index contributed by atoms with van der Waals surface area (Å²) in [5.74, 6) is 0.412. The van der Waals surface area contributed by atoms with Crippen LogP contribution >= 0.6 is 0 Å². The van der Waals surface area contributed by atoms with E-state index in [9.17, 15) is 8.42 Å². The van der Waals surface area contributed by atoms with E-state index in [0.29, 0.717) is 5.75 Å². The molecule has 0 bridgehead atoms. The Morgan fingerprint density at radius 2 is 1.93 bits per heavy atom. The molecule has 0 aliphatic rings. The van der Waals surface area contributed by atoms with E-state index >= 15 is 0 Å². The van der Waals surface area contributed by atoms with Gasteiger partial charge in [-0.05, 0) is 12.1 Å². The normalized spacial score (nSPS) is 11.3. The zero-order valence-corrected chi connectivity index (χ0v) is 8.67. The second kappa shape index (κ2) is 3.85. The van der Waals surface area contributed by atoms with Gasteiger partial charge < -0.3 is 10.5 Å². The first-order valence-corrected chi connectivity index (χ1v) is 5.16. The van der Waals surface area contributed by atoms with Crippen LogP contribution in [0.2, 0.25) is 0 Å². The van der Waals surface area contributed by atoms with Gasteiger partial charge in [0.2, 0.25) is 0 Å². The minimum Gasteiger partial charge on any atom is -0.497 e. The Bertz CT molecular complexity index is 427. The molecule has 1 aromatic rings. The lowest BCUT2D eigenvalue weighted by atomic mass is 10.3. The molecule has 0 aliphatic heterocycles. The SMILES string of the molecule is COc1ccc(N)c(S(=O)(=O)OC)c1. The minimum absolute atomic E-state index is 0.0839. The third-order valence-electron chi connectivity index (χ3n) is 1.71. The molecule has 5 nitrogen and oxygen atoms in total. The van der Waals surface area contributed by atoms with Gasteiger partial charge in [0.25, 0.3) is 10.1 Å². The summed E-state index contributed by atoms with van der Waals surface area (Å²) >= 11 is 0. The molecule has 14 heavy (non-hydrogen) atoms. The smallest absolute Gasteiger partial charge is 0.298 e. The third kappa shape index (κ3) is 1.97. The first kappa shape index (κ1) is 10.8.